The highest BCUT2D eigenvalue weighted by Crippen LogP contribution is 2.47. The summed E-state index contributed by atoms with van der Waals surface area (Å²) in [6.07, 6.45) is -3.58. The first-order chi connectivity index (χ1) is 15.6. The number of carbonyl (C=O) groups is 2. The maximum Gasteiger partial charge on any atom is 0.400 e. The number of rotatable bonds is 6. The summed E-state index contributed by atoms with van der Waals surface area (Å²) in [6, 6.07) is 0. The van der Waals surface area contributed by atoms with Gasteiger partial charge in [-0.2, -0.15) is 17.2 Å². The van der Waals surface area contributed by atoms with Gasteiger partial charge in [0.15, 0.2) is 11.9 Å². The van der Waals surface area contributed by atoms with Crippen LogP contribution in [0.15, 0.2) is 0 Å². The van der Waals surface area contributed by atoms with Crippen LogP contribution in [0.3, 0.4) is 0 Å². The Morgan fingerprint density at radius 2 is 1.68 bits per heavy atom. The predicted octanol–water partition coefficient (Wildman–Crippen LogP) is 5.29. The molecule has 1 aliphatic carbocycles. The van der Waals surface area contributed by atoms with E-state index in [-0.39, 0.29) is 25.7 Å². The number of esters is 2. The molecular formula is C18H15F3I4O8S. The van der Waals surface area contributed by atoms with Crippen molar-refractivity contribution in [3.63, 3.8) is 0 Å². The summed E-state index contributed by atoms with van der Waals surface area (Å²) in [6.45, 7) is -0.792. The highest BCUT2D eigenvalue weighted by Gasteiger charge is 2.52. The Kier molecular flexibility index (Phi) is 9.21. The topological polar surface area (TPSA) is 116 Å². The summed E-state index contributed by atoms with van der Waals surface area (Å²) in [5.41, 5.74) is 0.351. The average molecular weight is 956 g/mol. The van der Waals surface area contributed by atoms with Crippen LogP contribution >= 0.6 is 90.4 Å². The molecule has 0 amide bonds. The summed E-state index contributed by atoms with van der Waals surface area (Å²) >= 11 is 8.49. The van der Waals surface area contributed by atoms with Crippen LogP contribution in [0.25, 0.3) is 0 Å². The fourth-order valence-corrected chi connectivity index (χ4v) is 7.44. The largest absolute Gasteiger partial charge is 0.465 e. The van der Waals surface area contributed by atoms with Crippen LogP contribution in [-0.2, 0) is 24.4 Å². The van der Waals surface area contributed by atoms with Gasteiger partial charge in [0.2, 0.25) is 0 Å². The summed E-state index contributed by atoms with van der Waals surface area (Å²) in [7, 11) is -5.93. The summed E-state index contributed by atoms with van der Waals surface area (Å²) in [4.78, 5) is 25.1. The van der Waals surface area contributed by atoms with Crippen molar-refractivity contribution in [3.8, 4) is 5.75 Å². The minimum atomic E-state index is -5.93. The highest BCUT2D eigenvalue weighted by molar-refractivity contribution is 14.1. The molecule has 1 aromatic carbocycles. The van der Waals surface area contributed by atoms with Crippen LogP contribution < -0.4 is 4.74 Å². The first-order valence-corrected chi connectivity index (χ1v) is 15.3. The molecule has 1 saturated carbocycles. The van der Waals surface area contributed by atoms with E-state index in [4.69, 9.17) is 18.8 Å². The van der Waals surface area contributed by atoms with Gasteiger partial charge in [-0.3, -0.25) is 9.35 Å². The molecule has 1 aromatic rings. The summed E-state index contributed by atoms with van der Waals surface area (Å²) < 4.78 is 89.5. The molecule has 1 unspecified atom stereocenters. The summed E-state index contributed by atoms with van der Waals surface area (Å²) in [5.74, 6) is -2.77. The van der Waals surface area contributed by atoms with Crippen LogP contribution in [0.1, 0.15) is 42.5 Å². The lowest BCUT2D eigenvalue weighted by molar-refractivity contribution is -0.184. The van der Waals surface area contributed by atoms with Crippen molar-refractivity contribution in [1.82, 2.24) is 0 Å². The molecule has 0 bridgehead atoms. The third-order valence-electron chi connectivity index (χ3n) is 5.40. The molecule has 1 atom stereocenters. The fourth-order valence-electron chi connectivity index (χ4n) is 3.52. The molecule has 1 N–H and O–H groups in total. The molecule has 1 aliphatic heterocycles. The number of ether oxygens (including phenoxy) is 3. The SMILES string of the molecule is O=C1OC2(CCC(C(=O)OCCC(F)C(F)(F)S(=O)(=O)O)CC2)Oc2c(I)c(I)c(I)c(I)c21. The Bertz CT molecular complexity index is 1120. The van der Waals surface area contributed by atoms with Gasteiger partial charge in [0, 0.05) is 30.0 Å². The first kappa shape index (κ1) is 29.1. The number of carbonyl (C=O) groups excluding carboxylic acids is 2. The number of benzene rings is 1. The van der Waals surface area contributed by atoms with Gasteiger partial charge in [-0.15, -0.1) is 0 Å². The Hall–Kier alpha value is 0.580. The van der Waals surface area contributed by atoms with Crippen LogP contribution in [0, 0.1) is 20.2 Å². The molecule has 1 spiro atoms. The number of alkyl halides is 3. The van der Waals surface area contributed by atoms with Gasteiger partial charge in [-0.05, 0) is 103 Å². The zero-order chi connectivity index (χ0) is 25.6. The number of fused-ring (bicyclic) bond motifs is 1. The van der Waals surface area contributed by atoms with E-state index >= 15 is 0 Å². The number of hydrogen-bond acceptors (Lipinski definition) is 7. The van der Waals surface area contributed by atoms with E-state index in [0.29, 0.717) is 11.3 Å². The van der Waals surface area contributed by atoms with Crippen molar-refractivity contribution in [2.24, 2.45) is 5.92 Å². The maximum absolute atomic E-state index is 13.5. The molecule has 1 fully saturated rings. The molecule has 34 heavy (non-hydrogen) atoms. The van der Waals surface area contributed by atoms with E-state index in [1.807, 2.05) is 0 Å². The van der Waals surface area contributed by atoms with Gasteiger partial charge in [0.05, 0.1) is 16.1 Å². The molecular weight excluding hydrogens is 941 g/mol. The zero-order valence-corrected chi connectivity index (χ0v) is 26.2. The molecule has 0 radical (unpaired) electrons. The molecule has 0 aromatic heterocycles. The standard InChI is InChI=1S/C18H15F3I4O8S/c19-8(18(20,21)34(28,29)30)3-6-31-15(26)7-1-4-17(5-2-7)32-14-9(16(27)33-17)10(22)11(23)12(24)13(14)25/h7-8H,1-6H2,(H,28,29,30). The Labute approximate surface area is 247 Å². The first-order valence-electron chi connectivity index (χ1n) is 9.55. The van der Waals surface area contributed by atoms with Crippen molar-refractivity contribution in [2.45, 2.75) is 49.3 Å². The smallest absolute Gasteiger partial charge is 0.400 e. The maximum atomic E-state index is 13.5. The molecule has 3 rings (SSSR count). The molecule has 0 saturated heterocycles. The van der Waals surface area contributed by atoms with Crippen molar-refractivity contribution in [3.05, 3.63) is 19.8 Å². The Morgan fingerprint density at radius 3 is 2.24 bits per heavy atom. The average Bonchev–Trinajstić information content (AvgIpc) is 2.75. The van der Waals surface area contributed by atoms with Gasteiger partial charge < -0.3 is 14.2 Å². The number of halogens is 7. The summed E-state index contributed by atoms with van der Waals surface area (Å²) in [5, 5.41) is -5.00. The predicted molar refractivity (Wildman–Crippen MR) is 145 cm³/mol. The van der Waals surface area contributed by atoms with Crippen molar-refractivity contribution in [2.75, 3.05) is 6.61 Å². The van der Waals surface area contributed by atoms with Gasteiger partial charge in [-0.25, -0.2) is 9.18 Å². The fraction of sp³-hybridized carbons (Fsp3) is 0.556. The van der Waals surface area contributed by atoms with Gasteiger partial charge >= 0.3 is 27.3 Å². The van der Waals surface area contributed by atoms with E-state index in [0.717, 1.165) is 14.3 Å². The third kappa shape index (κ3) is 5.69. The zero-order valence-electron chi connectivity index (χ0n) is 16.8. The van der Waals surface area contributed by atoms with E-state index < -0.39 is 58.2 Å². The van der Waals surface area contributed by atoms with E-state index in [2.05, 4.69) is 90.4 Å². The third-order valence-corrected chi connectivity index (χ3v) is 13.7. The molecule has 1 heterocycles. The van der Waals surface area contributed by atoms with Crippen LogP contribution in [-0.4, -0.2) is 48.7 Å². The second-order valence-corrected chi connectivity index (χ2v) is 13.4. The quantitative estimate of drug-likeness (QED) is 0.135. The second-order valence-electron chi connectivity index (χ2n) is 7.60. The lowest BCUT2D eigenvalue weighted by atomic mass is 9.84. The second kappa shape index (κ2) is 10.8. The van der Waals surface area contributed by atoms with Crippen molar-refractivity contribution < 1.29 is 49.9 Å². The molecule has 16 heteroatoms. The van der Waals surface area contributed by atoms with E-state index in [9.17, 15) is 31.2 Å². The molecule has 8 nitrogen and oxygen atoms in total. The van der Waals surface area contributed by atoms with Crippen LogP contribution in [0.4, 0.5) is 13.2 Å². The van der Waals surface area contributed by atoms with Gasteiger partial charge in [0.25, 0.3) is 5.79 Å². The molecule has 2 aliphatic rings. The minimum absolute atomic E-state index is 0.180. The molecule has 190 valence electrons. The van der Waals surface area contributed by atoms with E-state index in [1.165, 1.54) is 0 Å². The van der Waals surface area contributed by atoms with Gasteiger partial charge in [-0.1, -0.05) is 0 Å². The Morgan fingerprint density at radius 1 is 1.12 bits per heavy atom. The normalized spacial score (nSPS) is 23.6. The van der Waals surface area contributed by atoms with Gasteiger partial charge in [0.1, 0.15) is 5.56 Å². The lowest BCUT2D eigenvalue weighted by Crippen LogP contribution is -2.48. The van der Waals surface area contributed by atoms with E-state index in [1.54, 1.807) is 0 Å². The van der Waals surface area contributed by atoms with Crippen molar-refractivity contribution in [1.29, 1.82) is 0 Å². The van der Waals surface area contributed by atoms with Crippen LogP contribution in [0.5, 0.6) is 5.75 Å². The highest BCUT2D eigenvalue weighted by atomic mass is 127. The van der Waals surface area contributed by atoms with Crippen LogP contribution in [0.2, 0.25) is 0 Å². The minimum Gasteiger partial charge on any atom is -0.465 e. The van der Waals surface area contributed by atoms with Crippen molar-refractivity contribution >= 4 is 112 Å². The number of hydrogen-bond donors (Lipinski definition) is 1. The Balaban J connectivity index is 1.61. The lowest BCUT2D eigenvalue weighted by Gasteiger charge is -2.42. The monoisotopic (exact) mass is 956 g/mol.